The number of carbonyl (C=O) groups excluding carboxylic acids is 1. The maximum atomic E-state index is 12.5. The third kappa shape index (κ3) is 4.46. The third-order valence-electron chi connectivity index (χ3n) is 4.55. The van der Waals surface area contributed by atoms with Crippen LogP contribution in [0.5, 0.6) is 0 Å². The van der Waals surface area contributed by atoms with Crippen LogP contribution in [0.1, 0.15) is 15.9 Å². The van der Waals surface area contributed by atoms with Crippen molar-refractivity contribution in [1.29, 1.82) is 0 Å². The number of fused-ring (bicyclic) bond motifs is 1. The minimum absolute atomic E-state index is 0.0225. The molecule has 0 fully saturated rings. The summed E-state index contributed by atoms with van der Waals surface area (Å²) in [4.78, 5) is 14.7. The molecule has 0 radical (unpaired) electrons. The van der Waals surface area contributed by atoms with Crippen LogP contribution in [0.25, 0.3) is 10.8 Å². The summed E-state index contributed by atoms with van der Waals surface area (Å²) >= 11 is 0. The predicted octanol–water partition coefficient (Wildman–Crippen LogP) is 3.74. The Hall–Kier alpha value is -2.65. The summed E-state index contributed by atoms with van der Waals surface area (Å²) in [6.07, 6.45) is 0.909. The topological polar surface area (TPSA) is 32.3 Å². The van der Waals surface area contributed by atoms with Gasteiger partial charge in [0, 0.05) is 18.2 Å². The van der Waals surface area contributed by atoms with E-state index in [0.717, 1.165) is 17.2 Å². The molecule has 0 bridgehead atoms. The number of hydrogen-bond donors (Lipinski definition) is 1. The van der Waals surface area contributed by atoms with E-state index in [1.165, 1.54) is 5.56 Å². The predicted molar refractivity (Wildman–Crippen MR) is 104 cm³/mol. The van der Waals surface area contributed by atoms with Crippen molar-refractivity contribution in [2.45, 2.75) is 12.5 Å². The maximum absolute atomic E-state index is 12.5. The number of benzene rings is 3. The van der Waals surface area contributed by atoms with E-state index in [0.29, 0.717) is 12.1 Å². The molecule has 0 aliphatic carbocycles. The van der Waals surface area contributed by atoms with Crippen LogP contribution in [0.4, 0.5) is 0 Å². The second kappa shape index (κ2) is 7.95. The number of rotatable bonds is 6. The van der Waals surface area contributed by atoms with Crippen molar-refractivity contribution < 1.29 is 4.79 Å². The van der Waals surface area contributed by atoms with Gasteiger partial charge in [-0.1, -0.05) is 60.7 Å². The molecule has 0 saturated heterocycles. The molecular weight excluding hydrogens is 308 g/mol. The Bertz CT molecular complexity index is 843. The Morgan fingerprint density at radius 2 is 1.60 bits per heavy atom. The van der Waals surface area contributed by atoms with Gasteiger partial charge in [0.1, 0.15) is 0 Å². The van der Waals surface area contributed by atoms with Crippen molar-refractivity contribution in [3.8, 4) is 0 Å². The molecule has 3 nitrogen and oxygen atoms in total. The van der Waals surface area contributed by atoms with E-state index >= 15 is 0 Å². The molecule has 0 saturated carbocycles. The normalized spacial score (nSPS) is 12.3. The number of amides is 1. The third-order valence-corrected chi connectivity index (χ3v) is 4.55. The van der Waals surface area contributed by atoms with Crippen LogP contribution in [-0.2, 0) is 6.42 Å². The fourth-order valence-corrected chi connectivity index (χ4v) is 2.97. The summed E-state index contributed by atoms with van der Waals surface area (Å²) in [6, 6.07) is 24.6. The molecule has 3 heteroatoms. The smallest absolute Gasteiger partial charge is 0.251 e. The molecule has 3 aromatic carbocycles. The molecule has 1 unspecified atom stereocenters. The van der Waals surface area contributed by atoms with E-state index < -0.39 is 0 Å². The van der Waals surface area contributed by atoms with E-state index in [2.05, 4.69) is 54.6 Å². The highest BCUT2D eigenvalue weighted by Crippen LogP contribution is 2.15. The Balaban J connectivity index is 1.66. The maximum Gasteiger partial charge on any atom is 0.251 e. The minimum atomic E-state index is -0.0225. The lowest BCUT2D eigenvalue weighted by molar-refractivity contribution is 0.0942. The molecule has 0 spiro atoms. The Labute approximate surface area is 149 Å². The zero-order valence-corrected chi connectivity index (χ0v) is 14.8. The van der Waals surface area contributed by atoms with E-state index in [9.17, 15) is 4.79 Å². The van der Waals surface area contributed by atoms with E-state index in [1.54, 1.807) is 0 Å². The second-order valence-corrected chi connectivity index (χ2v) is 6.58. The molecule has 25 heavy (non-hydrogen) atoms. The van der Waals surface area contributed by atoms with Crippen molar-refractivity contribution in [3.05, 3.63) is 83.9 Å². The minimum Gasteiger partial charge on any atom is -0.350 e. The van der Waals surface area contributed by atoms with Gasteiger partial charge in [0.05, 0.1) is 0 Å². The molecule has 0 aliphatic heterocycles. The molecule has 0 aromatic heterocycles. The van der Waals surface area contributed by atoms with Crippen molar-refractivity contribution in [2.24, 2.45) is 0 Å². The van der Waals surface area contributed by atoms with Gasteiger partial charge < -0.3 is 10.2 Å². The van der Waals surface area contributed by atoms with Crippen LogP contribution in [-0.4, -0.2) is 37.5 Å². The first-order chi connectivity index (χ1) is 12.1. The first-order valence-electron chi connectivity index (χ1n) is 8.61. The zero-order valence-electron chi connectivity index (χ0n) is 14.8. The van der Waals surface area contributed by atoms with Crippen LogP contribution in [0.3, 0.4) is 0 Å². The van der Waals surface area contributed by atoms with E-state index in [-0.39, 0.29) is 11.9 Å². The lowest BCUT2D eigenvalue weighted by Crippen LogP contribution is -2.41. The first kappa shape index (κ1) is 17.2. The number of likely N-dealkylation sites (N-methyl/N-ethyl adjacent to an activating group) is 1. The van der Waals surface area contributed by atoms with Gasteiger partial charge in [-0.15, -0.1) is 0 Å². The zero-order chi connectivity index (χ0) is 17.6. The van der Waals surface area contributed by atoms with Gasteiger partial charge in [0.15, 0.2) is 0 Å². The highest BCUT2D eigenvalue weighted by Gasteiger charge is 2.14. The lowest BCUT2D eigenvalue weighted by Gasteiger charge is -2.25. The van der Waals surface area contributed by atoms with Crippen molar-refractivity contribution in [1.82, 2.24) is 10.2 Å². The lowest BCUT2D eigenvalue weighted by atomic mass is 10.0. The number of nitrogens with one attached hydrogen (secondary N) is 1. The van der Waals surface area contributed by atoms with Crippen molar-refractivity contribution >= 4 is 16.7 Å². The van der Waals surface area contributed by atoms with Crippen LogP contribution >= 0.6 is 0 Å². The van der Waals surface area contributed by atoms with Gasteiger partial charge in [-0.3, -0.25) is 4.79 Å². The quantitative estimate of drug-likeness (QED) is 0.746. The largest absolute Gasteiger partial charge is 0.350 e. The van der Waals surface area contributed by atoms with E-state index in [4.69, 9.17) is 0 Å². The van der Waals surface area contributed by atoms with Gasteiger partial charge >= 0.3 is 0 Å². The molecule has 3 aromatic rings. The van der Waals surface area contributed by atoms with Crippen molar-refractivity contribution in [3.63, 3.8) is 0 Å². The molecule has 0 aliphatic rings. The highest BCUT2D eigenvalue weighted by atomic mass is 16.1. The summed E-state index contributed by atoms with van der Waals surface area (Å²) < 4.78 is 0. The molecule has 1 N–H and O–H groups in total. The molecule has 1 amide bonds. The number of hydrogen-bond acceptors (Lipinski definition) is 2. The summed E-state index contributed by atoms with van der Waals surface area (Å²) in [6.45, 7) is 0.619. The van der Waals surface area contributed by atoms with Crippen LogP contribution in [0.2, 0.25) is 0 Å². The van der Waals surface area contributed by atoms with Crippen LogP contribution < -0.4 is 5.32 Å². The fraction of sp³-hybridized carbons (Fsp3) is 0.227. The highest BCUT2D eigenvalue weighted by molar-refractivity contribution is 5.98. The van der Waals surface area contributed by atoms with Crippen LogP contribution in [0.15, 0.2) is 72.8 Å². The van der Waals surface area contributed by atoms with Gasteiger partial charge in [0.2, 0.25) is 0 Å². The summed E-state index contributed by atoms with van der Waals surface area (Å²) in [5.74, 6) is -0.0225. The molecule has 3 rings (SSSR count). The fourth-order valence-electron chi connectivity index (χ4n) is 2.97. The monoisotopic (exact) mass is 332 g/mol. The Kier molecular flexibility index (Phi) is 5.46. The first-order valence-corrected chi connectivity index (χ1v) is 8.61. The van der Waals surface area contributed by atoms with Gasteiger partial charge in [-0.2, -0.15) is 0 Å². The molecule has 0 heterocycles. The summed E-state index contributed by atoms with van der Waals surface area (Å²) in [7, 11) is 4.10. The summed E-state index contributed by atoms with van der Waals surface area (Å²) in [5, 5.41) is 5.32. The standard InChI is InChI=1S/C22H24N2O/c1-24(2)21(14-17-8-4-3-5-9-17)16-23-22(25)20-13-12-18-10-6-7-11-19(18)15-20/h3-13,15,21H,14,16H2,1-2H3,(H,23,25). The molecule has 128 valence electrons. The van der Waals surface area contributed by atoms with Crippen LogP contribution in [0, 0.1) is 0 Å². The molecule has 1 atom stereocenters. The Morgan fingerprint density at radius 3 is 2.32 bits per heavy atom. The van der Waals surface area contributed by atoms with E-state index in [1.807, 2.05) is 42.5 Å². The summed E-state index contributed by atoms with van der Waals surface area (Å²) in [5.41, 5.74) is 1.98. The second-order valence-electron chi connectivity index (χ2n) is 6.58. The average molecular weight is 332 g/mol. The number of carbonyl (C=O) groups is 1. The Morgan fingerprint density at radius 1 is 0.920 bits per heavy atom. The van der Waals surface area contributed by atoms with Gasteiger partial charge in [0.25, 0.3) is 5.91 Å². The van der Waals surface area contributed by atoms with Gasteiger partial charge in [-0.05, 0) is 49.0 Å². The molecular formula is C22H24N2O. The SMILES string of the molecule is CN(C)C(CNC(=O)c1ccc2ccccc2c1)Cc1ccccc1. The number of nitrogens with zero attached hydrogens (tertiary/aromatic N) is 1. The van der Waals surface area contributed by atoms with Crippen molar-refractivity contribution in [2.75, 3.05) is 20.6 Å². The van der Waals surface area contributed by atoms with Gasteiger partial charge in [-0.25, -0.2) is 0 Å². The average Bonchev–Trinajstić information content (AvgIpc) is 2.65.